The van der Waals surface area contributed by atoms with Crippen LogP contribution in [0.5, 0.6) is 0 Å². The van der Waals surface area contributed by atoms with Gasteiger partial charge in [0.2, 0.25) is 0 Å². The van der Waals surface area contributed by atoms with Gasteiger partial charge in [-0.3, -0.25) is 29.3 Å². The van der Waals surface area contributed by atoms with Crippen molar-refractivity contribution in [2.75, 3.05) is 22.1 Å². The van der Waals surface area contributed by atoms with Crippen LogP contribution in [-0.4, -0.2) is 4.92 Å². The van der Waals surface area contributed by atoms with Crippen molar-refractivity contribution in [3.05, 3.63) is 93.5 Å². The van der Waals surface area contributed by atoms with Crippen LogP contribution < -0.4 is 43.8 Å². The van der Waals surface area contributed by atoms with Gasteiger partial charge < -0.3 is 22.1 Å². The number of anilines is 6. The molecule has 0 aliphatic rings. The van der Waals surface area contributed by atoms with E-state index in [1.165, 1.54) is 0 Å². The number of nitrogens with two attached hydrogens (primary N) is 2. The number of nitro benzene ring substituents is 1. The van der Waals surface area contributed by atoms with Crippen molar-refractivity contribution in [1.82, 2.24) is 0 Å². The highest BCUT2D eigenvalue weighted by atomic mass is 16.6. The Hall–Kier alpha value is -5.06. The van der Waals surface area contributed by atoms with Crippen molar-refractivity contribution in [3.8, 4) is 0 Å². The maximum absolute atomic E-state index is 12.0. The molecule has 6 N–H and O–H groups in total. The lowest BCUT2D eigenvalue weighted by molar-refractivity contribution is -0.381. The second kappa shape index (κ2) is 6.72. The number of non-ortho nitro benzene ring substituents is 1. The van der Waals surface area contributed by atoms with Gasteiger partial charge in [0.25, 0.3) is 27.4 Å². The van der Waals surface area contributed by atoms with E-state index in [0.717, 1.165) is 0 Å². The summed E-state index contributed by atoms with van der Waals surface area (Å²) < 4.78 is 0. The summed E-state index contributed by atoms with van der Waals surface area (Å²) in [7, 11) is 0. The quantitative estimate of drug-likeness (QED) is 0.135. The molecule has 0 saturated heterocycles. The van der Waals surface area contributed by atoms with Crippen LogP contribution in [0.1, 0.15) is 0 Å². The maximum atomic E-state index is 12.0. The van der Waals surface area contributed by atoms with Gasteiger partial charge in [0.05, 0.1) is 15.7 Å². The molecule has 0 fully saturated rings. The average molecular weight is 443 g/mol. The fourth-order valence-electron chi connectivity index (χ4n) is 3.89. The van der Waals surface area contributed by atoms with E-state index >= 15 is 0 Å². The lowest BCUT2D eigenvalue weighted by Crippen LogP contribution is -2.36. The van der Waals surface area contributed by atoms with Crippen LogP contribution in [-0.2, 0) is 0 Å². The van der Waals surface area contributed by atoms with E-state index in [0.29, 0.717) is 22.1 Å². The van der Waals surface area contributed by atoms with Crippen molar-refractivity contribution in [3.63, 3.8) is 0 Å². The molecule has 0 aromatic heterocycles. The third kappa shape index (κ3) is 2.69. The number of benzene rings is 3. The summed E-state index contributed by atoms with van der Waals surface area (Å²) in [6.07, 6.45) is 0. The Morgan fingerprint density at radius 1 is 0.667 bits per heavy atom. The molecule has 0 unspecified atom stereocenters. The summed E-state index contributed by atoms with van der Waals surface area (Å²) in [6.45, 7) is 0. The van der Waals surface area contributed by atoms with Crippen molar-refractivity contribution in [2.45, 2.75) is 0 Å². The molecule has 5 rings (SSSR count). The minimum atomic E-state index is -0.800. The van der Waals surface area contributed by atoms with Crippen molar-refractivity contribution < 1.29 is 4.92 Å². The van der Waals surface area contributed by atoms with Crippen LogP contribution in [0.4, 0.5) is 39.8 Å². The summed E-state index contributed by atoms with van der Waals surface area (Å²) in [4.78, 5) is 58.1. The van der Waals surface area contributed by atoms with E-state index in [9.17, 15) is 29.3 Å². The molecule has 0 bridgehead atoms. The van der Waals surface area contributed by atoms with E-state index in [2.05, 4.69) is 10.6 Å². The van der Waals surface area contributed by atoms with Gasteiger partial charge in [0, 0.05) is 22.1 Å². The zero-order valence-corrected chi connectivity index (χ0v) is 16.6. The Balaban J connectivity index is 1.78. The molecule has 0 aliphatic carbocycles. The van der Waals surface area contributed by atoms with E-state index in [1.807, 2.05) is 0 Å². The molecular formula is C22H13N5O6. The highest BCUT2D eigenvalue weighted by Crippen LogP contribution is 2.41. The number of nitro groups is 1. The lowest BCUT2D eigenvalue weighted by Gasteiger charge is -2.16. The summed E-state index contributed by atoms with van der Waals surface area (Å²) in [6, 6.07) is 11.0. The number of rotatable bonds is 5. The average Bonchev–Trinajstić information content (AvgIpc) is 2.82. The molecule has 0 aliphatic heterocycles. The number of fused-ring (bicyclic) bond motifs is 2. The van der Waals surface area contributed by atoms with Gasteiger partial charge in [-0.1, -0.05) is 12.1 Å². The smallest absolute Gasteiger partial charge is 0.285 e. The molecule has 33 heavy (non-hydrogen) atoms. The van der Waals surface area contributed by atoms with Gasteiger partial charge in [0.1, 0.15) is 22.7 Å². The fraction of sp³-hybridized carbons (Fsp3) is 0. The van der Waals surface area contributed by atoms with Crippen LogP contribution in [0.2, 0.25) is 0 Å². The van der Waals surface area contributed by atoms with E-state index in [-0.39, 0.29) is 39.2 Å². The second-order valence-corrected chi connectivity index (χ2v) is 7.43. The predicted molar refractivity (Wildman–Crippen MR) is 126 cm³/mol. The second-order valence-electron chi connectivity index (χ2n) is 7.43. The molecule has 0 spiro atoms. The molecular weight excluding hydrogens is 430 g/mol. The molecule has 0 amide bonds. The molecule has 5 aromatic carbocycles. The number of nitrogens with one attached hydrogen (secondary N) is 2. The zero-order chi connectivity index (χ0) is 23.6. The third-order valence-electron chi connectivity index (χ3n) is 5.61. The minimum absolute atomic E-state index is 0.0850. The standard InChI is InChI=1S/C22H13N5O6/c23-14-16(21(30)19(14)28)25-12-5-1-3-8-10(12)7-11-9(18(8)27(32)33)4-2-6-13(11)26-17-15(24)20(29)22(17)31/h1-7,25-26H,23-24H2. The summed E-state index contributed by atoms with van der Waals surface area (Å²) in [5.74, 6) is 0. The molecule has 0 heterocycles. The minimum Gasteiger partial charge on any atom is -0.394 e. The number of hydrogen-bond donors (Lipinski definition) is 4. The first kappa shape index (κ1) is 19.9. The monoisotopic (exact) mass is 443 g/mol. The van der Waals surface area contributed by atoms with Gasteiger partial charge in [-0.05, 0) is 30.3 Å². The van der Waals surface area contributed by atoms with Gasteiger partial charge in [-0.15, -0.1) is 0 Å². The van der Waals surface area contributed by atoms with Gasteiger partial charge in [0.15, 0.2) is 0 Å². The van der Waals surface area contributed by atoms with Crippen LogP contribution in [0.3, 0.4) is 0 Å². The summed E-state index contributed by atoms with van der Waals surface area (Å²) in [5.41, 5.74) is 7.89. The van der Waals surface area contributed by atoms with E-state index in [4.69, 9.17) is 11.5 Å². The molecule has 162 valence electrons. The summed E-state index contributed by atoms with van der Waals surface area (Å²) in [5, 5.41) is 18.9. The highest BCUT2D eigenvalue weighted by Gasteiger charge is 2.24. The van der Waals surface area contributed by atoms with Crippen molar-refractivity contribution in [1.29, 1.82) is 0 Å². The Morgan fingerprint density at radius 2 is 1.09 bits per heavy atom. The number of nitrogens with zero attached hydrogens (tertiary/aromatic N) is 1. The number of hydrogen-bond acceptors (Lipinski definition) is 10. The molecule has 0 radical (unpaired) electrons. The fourth-order valence-corrected chi connectivity index (χ4v) is 3.89. The SMILES string of the molecule is Nc1c(Nc2cccc3c([N+](=O)[O-])c4cccc(Nc5c(N)c(=O)c5=O)c4cc23)c(=O)c1=O. The number of nitrogen functional groups attached to an aromatic ring is 2. The van der Waals surface area contributed by atoms with Crippen molar-refractivity contribution in [2.24, 2.45) is 0 Å². The predicted octanol–water partition coefficient (Wildman–Crippen LogP) is 1.74. The molecule has 0 saturated carbocycles. The molecule has 11 heteroatoms. The van der Waals surface area contributed by atoms with Gasteiger partial charge in [-0.25, -0.2) is 0 Å². The zero-order valence-electron chi connectivity index (χ0n) is 16.6. The Labute approximate surface area is 182 Å². The van der Waals surface area contributed by atoms with Gasteiger partial charge >= 0.3 is 0 Å². The topological polar surface area (TPSA) is 188 Å². The van der Waals surface area contributed by atoms with Crippen LogP contribution >= 0.6 is 0 Å². The Morgan fingerprint density at radius 3 is 1.45 bits per heavy atom. The summed E-state index contributed by atoms with van der Waals surface area (Å²) >= 11 is 0. The molecule has 0 atom stereocenters. The maximum Gasteiger partial charge on any atom is 0.285 e. The van der Waals surface area contributed by atoms with E-state index < -0.39 is 26.6 Å². The van der Waals surface area contributed by atoms with Crippen LogP contribution in [0.25, 0.3) is 21.5 Å². The lowest BCUT2D eigenvalue weighted by atomic mass is 9.98. The van der Waals surface area contributed by atoms with Gasteiger partial charge in [-0.2, -0.15) is 0 Å². The normalized spacial score (nSPS) is 11.4. The molecule has 11 nitrogen and oxygen atoms in total. The van der Waals surface area contributed by atoms with Crippen LogP contribution in [0, 0.1) is 10.1 Å². The third-order valence-corrected chi connectivity index (χ3v) is 5.61. The van der Waals surface area contributed by atoms with Crippen LogP contribution in [0.15, 0.2) is 61.6 Å². The van der Waals surface area contributed by atoms with E-state index in [1.54, 1.807) is 42.5 Å². The van der Waals surface area contributed by atoms with Crippen molar-refractivity contribution >= 4 is 61.4 Å². The first-order chi connectivity index (χ1) is 15.7. The molecule has 5 aromatic rings. The highest BCUT2D eigenvalue weighted by molar-refractivity contribution is 6.15. The Bertz CT molecular complexity index is 1680. The Kier molecular flexibility index (Phi) is 4.05. The largest absolute Gasteiger partial charge is 0.394 e. The first-order valence-electron chi connectivity index (χ1n) is 9.55. The first-order valence-corrected chi connectivity index (χ1v) is 9.55.